The quantitative estimate of drug-likeness (QED) is 0.893. The third-order valence-electron chi connectivity index (χ3n) is 4.83. The molecule has 1 aromatic carbocycles. The van der Waals surface area contributed by atoms with E-state index in [0.29, 0.717) is 11.5 Å². The Morgan fingerprint density at radius 2 is 2.11 bits per heavy atom. The topological polar surface area (TPSA) is 24.4 Å². The van der Waals surface area contributed by atoms with E-state index < -0.39 is 0 Å². The summed E-state index contributed by atoms with van der Waals surface area (Å²) >= 11 is 1.94. The van der Waals surface area contributed by atoms with Crippen LogP contribution in [0, 0.1) is 0 Å². The van der Waals surface area contributed by atoms with Crippen molar-refractivity contribution in [2.75, 3.05) is 12.3 Å². The SMILES string of the molecule is c1ccc2c(c1)CC2CN=C1NC2(CCCC2)CS1. The first kappa shape index (κ1) is 11.8. The molecule has 1 saturated carbocycles. The molecule has 2 fully saturated rings. The Labute approximate surface area is 119 Å². The summed E-state index contributed by atoms with van der Waals surface area (Å²) in [6.45, 7) is 0.961. The van der Waals surface area contributed by atoms with Gasteiger partial charge >= 0.3 is 0 Å². The Kier molecular flexibility index (Phi) is 2.83. The first-order chi connectivity index (χ1) is 9.35. The zero-order valence-electron chi connectivity index (χ0n) is 11.2. The second-order valence-electron chi connectivity index (χ2n) is 6.15. The van der Waals surface area contributed by atoms with E-state index in [9.17, 15) is 0 Å². The molecule has 1 unspecified atom stereocenters. The van der Waals surface area contributed by atoms with E-state index in [4.69, 9.17) is 4.99 Å². The highest BCUT2D eigenvalue weighted by Crippen LogP contribution is 2.38. The molecule has 1 saturated heterocycles. The maximum Gasteiger partial charge on any atom is 0.157 e. The van der Waals surface area contributed by atoms with Crippen LogP contribution in [0.5, 0.6) is 0 Å². The van der Waals surface area contributed by atoms with Crippen LogP contribution in [0.3, 0.4) is 0 Å². The van der Waals surface area contributed by atoms with Crippen molar-refractivity contribution in [2.24, 2.45) is 4.99 Å². The van der Waals surface area contributed by atoms with Crippen molar-refractivity contribution in [2.45, 2.75) is 43.6 Å². The average molecular weight is 272 g/mol. The maximum atomic E-state index is 4.83. The second kappa shape index (κ2) is 4.55. The van der Waals surface area contributed by atoms with E-state index in [2.05, 4.69) is 29.6 Å². The molecule has 19 heavy (non-hydrogen) atoms. The summed E-state index contributed by atoms with van der Waals surface area (Å²) in [4.78, 5) is 4.83. The van der Waals surface area contributed by atoms with Crippen molar-refractivity contribution >= 4 is 16.9 Å². The highest BCUT2D eigenvalue weighted by Gasteiger charge is 2.39. The van der Waals surface area contributed by atoms with Crippen LogP contribution < -0.4 is 5.32 Å². The third kappa shape index (κ3) is 2.08. The second-order valence-corrected chi connectivity index (χ2v) is 7.11. The van der Waals surface area contributed by atoms with E-state index in [1.165, 1.54) is 54.2 Å². The van der Waals surface area contributed by atoms with Gasteiger partial charge in [-0.25, -0.2) is 0 Å². The molecule has 1 atom stereocenters. The van der Waals surface area contributed by atoms with Crippen molar-refractivity contribution in [1.29, 1.82) is 0 Å². The molecule has 1 spiro atoms. The van der Waals surface area contributed by atoms with Gasteiger partial charge < -0.3 is 5.32 Å². The van der Waals surface area contributed by atoms with Gasteiger partial charge in [0.15, 0.2) is 5.17 Å². The molecule has 1 aromatic rings. The van der Waals surface area contributed by atoms with E-state index in [1.807, 2.05) is 11.8 Å². The van der Waals surface area contributed by atoms with Crippen LogP contribution in [-0.2, 0) is 6.42 Å². The van der Waals surface area contributed by atoms with Gasteiger partial charge in [-0.15, -0.1) is 0 Å². The smallest absolute Gasteiger partial charge is 0.157 e. The van der Waals surface area contributed by atoms with Crippen LogP contribution in [0.25, 0.3) is 0 Å². The summed E-state index contributed by atoms with van der Waals surface area (Å²) in [6, 6.07) is 8.79. The van der Waals surface area contributed by atoms with Gasteiger partial charge in [0, 0.05) is 23.8 Å². The van der Waals surface area contributed by atoms with Crippen LogP contribution in [0.4, 0.5) is 0 Å². The number of aliphatic imine (C=N–C) groups is 1. The van der Waals surface area contributed by atoms with Gasteiger partial charge in [-0.3, -0.25) is 4.99 Å². The zero-order valence-corrected chi connectivity index (χ0v) is 12.0. The lowest BCUT2D eigenvalue weighted by Gasteiger charge is -2.28. The number of hydrogen-bond acceptors (Lipinski definition) is 2. The maximum absolute atomic E-state index is 4.83. The molecule has 0 bridgehead atoms. The van der Waals surface area contributed by atoms with Gasteiger partial charge in [0.2, 0.25) is 0 Å². The molecular weight excluding hydrogens is 252 g/mol. The Balaban J connectivity index is 1.40. The molecule has 3 heteroatoms. The molecular formula is C16H20N2S. The lowest BCUT2D eigenvalue weighted by Crippen LogP contribution is -2.40. The fraction of sp³-hybridized carbons (Fsp3) is 0.562. The summed E-state index contributed by atoms with van der Waals surface area (Å²) < 4.78 is 0. The highest BCUT2D eigenvalue weighted by molar-refractivity contribution is 8.14. The summed E-state index contributed by atoms with van der Waals surface area (Å²) in [5, 5.41) is 4.91. The first-order valence-corrected chi connectivity index (χ1v) is 8.36. The number of nitrogens with one attached hydrogen (secondary N) is 1. The lowest BCUT2D eigenvalue weighted by atomic mass is 9.78. The Bertz CT molecular complexity index is 517. The van der Waals surface area contributed by atoms with Crippen LogP contribution in [-0.4, -0.2) is 23.0 Å². The summed E-state index contributed by atoms with van der Waals surface area (Å²) in [5.41, 5.74) is 3.44. The molecule has 2 nitrogen and oxygen atoms in total. The Hall–Kier alpha value is -0.960. The number of nitrogens with zero attached hydrogens (tertiary/aromatic N) is 1. The number of fused-ring (bicyclic) bond motifs is 1. The summed E-state index contributed by atoms with van der Waals surface area (Å²) in [6.07, 6.45) is 6.66. The fourth-order valence-electron chi connectivity index (χ4n) is 3.63. The number of rotatable bonds is 2. The van der Waals surface area contributed by atoms with Gasteiger partial charge in [0.1, 0.15) is 0 Å². The molecule has 4 rings (SSSR count). The average Bonchev–Trinajstić information content (AvgIpc) is 3.02. The highest BCUT2D eigenvalue weighted by atomic mass is 32.2. The monoisotopic (exact) mass is 272 g/mol. The van der Waals surface area contributed by atoms with E-state index in [-0.39, 0.29) is 0 Å². The molecule has 0 aromatic heterocycles. The molecule has 1 heterocycles. The largest absolute Gasteiger partial charge is 0.359 e. The zero-order chi connectivity index (χ0) is 12.7. The minimum absolute atomic E-state index is 0.404. The van der Waals surface area contributed by atoms with Crippen molar-refractivity contribution < 1.29 is 0 Å². The predicted octanol–water partition coefficient (Wildman–Crippen LogP) is 3.33. The lowest BCUT2D eigenvalue weighted by molar-refractivity contribution is 0.452. The van der Waals surface area contributed by atoms with Crippen molar-refractivity contribution in [3.8, 4) is 0 Å². The first-order valence-electron chi connectivity index (χ1n) is 7.38. The van der Waals surface area contributed by atoms with Gasteiger partial charge in [-0.2, -0.15) is 0 Å². The van der Waals surface area contributed by atoms with Gasteiger partial charge in [0.05, 0.1) is 0 Å². The standard InChI is InChI=1S/C16H20N2S/c1-2-6-14-12(5-1)9-13(14)10-17-15-18-16(11-19-15)7-3-4-8-16/h1-2,5-6,13H,3-4,7-11H2,(H,17,18). The van der Waals surface area contributed by atoms with Crippen molar-refractivity contribution in [3.63, 3.8) is 0 Å². The van der Waals surface area contributed by atoms with E-state index in [1.54, 1.807) is 0 Å². The van der Waals surface area contributed by atoms with E-state index >= 15 is 0 Å². The molecule has 1 N–H and O–H groups in total. The van der Waals surface area contributed by atoms with Crippen LogP contribution in [0.15, 0.2) is 29.3 Å². The van der Waals surface area contributed by atoms with Crippen LogP contribution in [0.2, 0.25) is 0 Å². The Morgan fingerprint density at radius 3 is 2.95 bits per heavy atom. The summed E-state index contributed by atoms with van der Waals surface area (Å²) in [5.74, 6) is 1.89. The molecule has 0 radical (unpaired) electrons. The molecule has 3 aliphatic rings. The molecule has 0 amide bonds. The van der Waals surface area contributed by atoms with Crippen molar-refractivity contribution in [1.82, 2.24) is 5.32 Å². The normalized spacial score (nSPS) is 29.3. The van der Waals surface area contributed by atoms with E-state index in [0.717, 1.165) is 6.54 Å². The van der Waals surface area contributed by atoms with Crippen LogP contribution >= 0.6 is 11.8 Å². The predicted molar refractivity (Wildman–Crippen MR) is 82.0 cm³/mol. The molecule has 1 aliphatic heterocycles. The van der Waals surface area contributed by atoms with Crippen LogP contribution in [0.1, 0.15) is 42.7 Å². The number of benzene rings is 1. The minimum atomic E-state index is 0.404. The molecule has 100 valence electrons. The Morgan fingerprint density at radius 1 is 1.26 bits per heavy atom. The number of hydrogen-bond donors (Lipinski definition) is 1. The summed E-state index contributed by atoms with van der Waals surface area (Å²) in [7, 11) is 0. The number of thioether (sulfide) groups is 1. The molecule has 2 aliphatic carbocycles. The number of amidine groups is 1. The van der Waals surface area contributed by atoms with Gasteiger partial charge in [-0.05, 0) is 30.4 Å². The van der Waals surface area contributed by atoms with Gasteiger partial charge in [0.25, 0.3) is 0 Å². The minimum Gasteiger partial charge on any atom is -0.359 e. The van der Waals surface area contributed by atoms with Crippen molar-refractivity contribution in [3.05, 3.63) is 35.4 Å². The third-order valence-corrected chi connectivity index (χ3v) is 6.04. The van der Waals surface area contributed by atoms with Gasteiger partial charge in [-0.1, -0.05) is 48.9 Å². The fourth-order valence-corrected chi connectivity index (χ4v) is 4.86.